The second-order valence-corrected chi connectivity index (χ2v) is 5.97. The zero-order chi connectivity index (χ0) is 13.9. The smallest absolute Gasteiger partial charge is 0.226 e. The SMILES string of the molecule is O=c1cc(CN(CC2CCCNC2)C2CC2)occ1O. The first-order chi connectivity index (χ1) is 9.72. The van der Waals surface area contributed by atoms with E-state index in [2.05, 4.69) is 10.2 Å². The molecule has 1 aromatic rings. The van der Waals surface area contributed by atoms with E-state index in [1.165, 1.54) is 31.7 Å². The van der Waals surface area contributed by atoms with E-state index >= 15 is 0 Å². The normalized spacial score (nSPS) is 23.1. The Morgan fingerprint density at radius 3 is 2.90 bits per heavy atom. The fraction of sp³-hybridized carbons (Fsp3) is 0.667. The summed E-state index contributed by atoms with van der Waals surface area (Å²) in [6.45, 7) is 3.94. The van der Waals surface area contributed by atoms with Crippen molar-refractivity contribution in [3.8, 4) is 5.75 Å². The van der Waals surface area contributed by atoms with E-state index in [1.54, 1.807) is 0 Å². The minimum atomic E-state index is -0.360. The molecule has 5 nitrogen and oxygen atoms in total. The zero-order valence-electron chi connectivity index (χ0n) is 11.7. The van der Waals surface area contributed by atoms with Crippen molar-refractivity contribution >= 4 is 0 Å². The standard InChI is InChI=1S/C15H22N2O3/c18-14-6-13(20-10-15(14)19)9-17(12-3-4-12)8-11-2-1-5-16-7-11/h6,10-12,16,19H,1-5,7-9H2. The molecule has 0 spiro atoms. The maximum Gasteiger partial charge on any atom is 0.226 e. The summed E-state index contributed by atoms with van der Waals surface area (Å²) in [6, 6.07) is 2.04. The Morgan fingerprint density at radius 2 is 2.25 bits per heavy atom. The van der Waals surface area contributed by atoms with E-state index in [9.17, 15) is 9.90 Å². The summed E-state index contributed by atoms with van der Waals surface area (Å²) < 4.78 is 5.33. The van der Waals surface area contributed by atoms with Crippen molar-refractivity contribution in [2.75, 3.05) is 19.6 Å². The summed E-state index contributed by atoms with van der Waals surface area (Å²) in [5.74, 6) is 1.01. The summed E-state index contributed by atoms with van der Waals surface area (Å²) in [5.41, 5.74) is -0.360. The summed E-state index contributed by atoms with van der Waals surface area (Å²) in [4.78, 5) is 13.9. The lowest BCUT2D eigenvalue weighted by Crippen LogP contribution is -2.39. The van der Waals surface area contributed by atoms with E-state index in [1.807, 2.05) is 0 Å². The zero-order valence-corrected chi connectivity index (χ0v) is 11.7. The molecule has 3 rings (SSSR count). The van der Waals surface area contributed by atoms with Gasteiger partial charge in [-0.25, -0.2) is 0 Å². The minimum Gasteiger partial charge on any atom is -0.502 e. The van der Waals surface area contributed by atoms with Gasteiger partial charge in [0.2, 0.25) is 5.43 Å². The third-order valence-corrected chi connectivity index (χ3v) is 4.18. The molecule has 2 N–H and O–H groups in total. The van der Waals surface area contributed by atoms with Gasteiger partial charge >= 0.3 is 0 Å². The highest BCUT2D eigenvalue weighted by Gasteiger charge is 2.31. The Morgan fingerprint density at radius 1 is 1.40 bits per heavy atom. The first kappa shape index (κ1) is 13.6. The fourth-order valence-corrected chi connectivity index (χ4v) is 2.92. The van der Waals surface area contributed by atoms with Crippen molar-refractivity contribution in [2.24, 2.45) is 5.92 Å². The summed E-state index contributed by atoms with van der Waals surface area (Å²) in [5, 5.41) is 12.7. The van der Waals surface area contributed by atoms with Crippen LogP contribution >= 0.6 is 0 Å². The van der Waals surface area contributed by atoms with Gasteiger partial charge in [-0.3, -0.25) is 9.69 Å². The molecule has 1 aliphatic carbocycles. The van der Waals surface area contributed by atoms with E-state index in [4.69, 9.17) is 4.42 Å². The monoisotopic (exact) mass is 278 g/mol. The maximum atomic E-state index is 11.5. The van der Waals surface area contributed by atoms with E-state index in [0.717, 1.165) is 25.9 Å². The molecule has 2 aliphatic rings. The second-order valence-electron chi connectivity index (χ2n) is 5.97. The molecular weight excluding hydrogens is 256 g/mol. The van der Waals surface area contributed by atoms with Crippen LogP contribution in [0.5, 0.6) is 5.75 Å². The minimum absolute atomic E-state index is 0.316. The van der Waals surface area contributed by atoms with Gasteiger partial charge in [0.05, 0.1) is 6.54 Å². The Bertz CT molecular complexity index is 504. The molecule has 0 bridgehead atoms. The van der Waals surface area contributed by atoms with E-state index < -0.39 is 0 Å². The van der Waals surface area contributed by atoms with Crippen LogP contribution in [0.4, 0.5) is 0 Å². The molecule has 0 radical (unpaired) electrons. The molecule has 5 heteroatoms. The third kappa shape index (κ3) is 3.41. The molecule has 1 unspecified atom stereocenters. The van der Waals surface area contributed by atoms with Crippen molar-refractivity contribution in [1.82, 2.24) is 10.2 Å². The van der Waals surface area contributed by atoms with Crippen molar-refractivity contribution in [2.45, 2.75) is 38.3 Å². The molecule has 2 heterocycles. The molecule has 0 amide bonds. The van der Waals surface area contributed by atoms with Gasteiger partial charge in [0.25, 0.3) is 0 Å². The number of hydrogen-bond donors (Lipinski definition) is 2. The summed E-state index contributed by atoms with van der Waals surface area (Å²) >= 11 is 0. The largest absolute Gasteiger partial charge is 0.502 e. The van der Waals surface area contributed by atoms with Gasteiger partial charge < -0.3 is 14.8 Å². The van der Waals surface area contributed by atoms with Gasteiger partial charge in [0.1, 0.15) is 12.0 Å². The Balaban J connectivity index is 1.64. The third-order valence-electron chi connectivity index (χ3n) is 4.18. The predicted molar refractivity (Wildman–Crippen MR) is 75.7 cm³/mol. The molecule has 2 fully saturated rings. The number of rotatable bonds is 5. The van der Waals surface area contributed by atoms with Crippen LogP contribution in [-0.4, -0.2) is 35.7 Å². The number of nitrogens with zero attached hydrogens (tertiary/aromatic N) is 1. The first-order valence-electron chi connectivity index (χ1n) is 7.48. The van der Waals surface area contributed by atoms with Crippen LogP contribution in [0.2, 0.25) is 0 Å². The number of hydrogen-bond acceptors (Lipinski definition) is 5. The second kappa shape index (κ2) is 5.97. The number of nitrogens with one attached hydrogen (secondary N) is 1. The van der Waals surface area contributed by atoms with Gasteiger partial charge in [0.15, 0.2) is 5.75 Å². The van der Waals surface area contributed by atoms with Crippen LogP contribution in [0, 0.1) is 5.92 Å². The molecule has 110 valence electrons. The van der Waals surface area contributed by atoms with Crippen LogP contribution in [-0.2, 0) is 6.54 Å². The molecular formula is C15H22N2O3. The molecule has 1 atom stereocenters. The topological polar surface area (TPSA) is 65.7 Å². The van der Waals surface area contributed by atoms with Gasteiger partial charge in [-0.2, -0.15) is 0 Å². The highest BCUT2D eigenvalue weighted by Crippen LogP contribution is 2.30. The van der Waals surface area contributed by atoms with Crippen LogP contribution in [0.1, 0.15) is 31.4 Å². The molecule has 1 aliphatic heterocycles. The van der Waals surface area contributed by atoms with Gasteiger partial charge in [-0.05, 0) is 44.7 Å². The first-order valence-corrected chi connectivity index (χ1v) is 7.48. The molecule has 0 aromatic carbocycles. The van der Waals surface area contributed by atoms with Crippen LogP contribution in [0.15, 0.2) is 21.5 Å². The van der Waals surface area contributed by atoms with Crippen LogP contribution < -0.4 is 10.7 Å². The summed E-state index contributed by atoms with van der Waals surface area (Å²) in [7, 11) is 0. The Kier molecular flexibility index (Phi) is 4.08. The highest BCUT2D eigenvalue weighted by atomic mass is 16.4. The molecule has 20 heavy (non-hydrogen) atoms. The molecule has 1 saturated carbocycles. The maximum absolute atomic E-state index is 11.5. The van der Waals surface area contributed by atoms with Gasteiger partial charge in [-0.15, -0.1) is 0 Å². The van der Waals surface area contributed by atoms with Crippen LogP contribution in [0.25, 0.3) is 0 Å². The number of aromatic hydroxyl groups is 1. The predicted octanol–water partition coefficient (Wildman–Crippen LogP) is 1.31. The lowest BCUT2D eigenvalue weighted by Gasteiger charge is -2.29. The van der Waals surface area contributed by atoms with Gasteiger partial charge in [-0.1, -0.05) is 0 Å². The Labute approximate surface area is 118 Å². The van der Waals surface area contributed by atoms with Crippen molar-refractivity contribution in [3.05, 3.63) is 28.3 Å². The van der Waals surface area contributed by atoms with E-state index in [0.29, 0.717) is 24.3 Å². The number of piperidine rings is 1. The molecule has 1 aromatic heterocycles. The highest BCUT2D eigenvalue weighted by molar-refractivity contribution is 5.15. The fourth-order valence-electron chi connectivity index (χ4n) is 2.92. The van der Waals surface area contributed by atoms with Crippen molar-refractivity contribution < 1.29 is 9.52 Å². The lowest BCUT2D eigenvalue weighted by atomic mass is 9.99. The Hall–Kier alpha value is -1.33. The average Bonchev–Trinajstić information content (AvgIpc) is 3.28. The van der Waals surface area contributed by atoms with Crippen molar-refractivity contribution in [3.63, 3.8) is 0 Å². The van der Waals surface area contributed by atoms with Gasteiger partial charge in [0, 0.05) is 18.7 Å². The quantitative estimate of drug-likeness (QED) is 0.850. The van der Waals surface area contributed by atoms with E-state index in [-0.39, 0.29) is 11.2 Å². The lowest BCUT2D eigenvalue weighted by molar-refractivity contribution is 0.179. The molecule has 1 saturated heterocycles. The summed E-state index contributed by atoms with van der Waals surface area (Å²) in [6.07, 6.45) is 6.14. The van der Waals surface area contributed by atoms with Crippen LogP contribution in [0.3, 0.4) is 0 Å². The van der Waals surface area contributed by atoms with Crippen molar-refractivity contribution in [1.29, 1.82) is 0 Å². The average molecular weight is 278 g/mol.